The first-order chi connectivity index (χ1) is 17.8. The molecular formula is C26H22F4N2O5S. The molecule has 0 radical (unpaired) electrons. The number of nitrogens with one attached hydrogen (secondary N) is 1. The van der Waals surface area contributed by atoms with Crippen molar-refractivity contribution in [2.24, 2.45) is 5.92 Å². The van der Waals surface area contributed by atoms with Crippen LogP contribution >= 0.6 is 0 Å². The maximum atomic E-state index is 14.7. The Morgan fingerprint density at radius 2 is 1.74 bits per heavy atom. The van der Waals surface area contributed by atoms with Gasteiger partial charge < -0.3 is 10.1 Å². The third-order valence-corrected chi connectivity index (χ3v) is 6.77. The molecule has 1 N–H and O–H groups in total. The lowest BCUT2D eigenvalue weighted by molar-refractivity contribution is -0.137. The largest absolute Gasteiger partial charge is 0.454 e. The van der Waals surface area contributed by atoms with Gasteiger partial charge in [0, 0.05) is 37.3 Å². The zero-order valence-electron chi connectivity index (χ0n) is 20.0. The summed E-state index contributed by atoms with van der Waals surface area (Å²) in [6.45, 7) is 0. The fourth-order valence-electron chi connectivity index (χ4n) is 3.64. The molecule has 38 heavy (non-hydrogen) atoms. The number of sulfone groups is 1. The molecule has 0 bridgehead atoms. The summed E-state index contributed by atoms with van der Waals surface area (Å²) in [6, 6.07) is 8.98. The highest BCUT2D eigenvalue weighted by Gasteiger charge is 2.32. The number of carbonyl (C=O) groups excluding carboxylic acids is 2. The summed E-state index contributed by atoms with van der Waals surface area (Å²) in [5.41, 5.74) is -1.04. The molecule has 1 aromatic heterocycles. The Hall–Kier alpha value is -3.80. The van der Waals surface area contributed by atoms with Crippen LogP contribution in [-0.4, -0.2) is 31.3 Å². The van der Waals surface area contributed by atoms with Gasteiger partial charge in [-0.2, -0.15) is 13.2 Å². The van der Waals surface area contributed by atoms with Gasteiger partial charge in [-0.15, -0.1) is 0 Å². The molecule has 12 heteroatoms. The van der Waals surface area contributed by atoms with Gasteiger partial charge in [-0.3, -0.25) is 9.59 Å². The number of ketones is 1. The zero-order valence-corrected chi connectivity index (χ0v) is 20.8. The van der Waals surface area contributed by atoms with Crippen molar-refractivity contribution in [3.05, 3.63) is 77.2 Å². The van der Waals surface area contributed by atoms with Crippen LogP contribution in [0, 0.1) is 11.7 Å². The Labute approximate surface area is 215 Å². The molecule has 3 aromatic rings. The summed E-state index contributed by atoms with van der Waals surface area (Å²) in [5, 5.41) is 2.66. The molecule has 2 aromatic carbocycles. The number of ether oxygens (including phenoxy) is 1. The number of nitrogens with zero attached hydrogens (tertiary/aromatic N) is 1. The molecule has 7 nitrogen and oxygen atoms in total. The number of aromatic nitrogens is 1. The Morgan fingerprint density at radius 3 is 2.37 bits per heavy atom. The molecule has 1 saturated carbocycles. The van der Waals surface area contributed by atoms with E-state index in [0.29, 0.717) is 6.07 Å². The lowest BCUT2D eigenvalue weighted by Gasteiger charge is -2.12. The standard InChI is InChI=1S/C26H22F4N2O5S/c1-38(35,36)21-11-16(8-18(13-21)26(28,29)30)10-19(33)9-15-2-5-23(22(27)12-15)37-20-6-7-31-24(14-20)32-25(34)17-3-4-17/h2,5-8,11-14,17H,3-4,9-10H2,1H3,(H,31,32,34). The smallest absolute Gasteiger partial charge is 0.416 e. The number of pyridine rings is 1. The summed E-state index contributed by atoms with van der Waals surface area (Å²) in [7, 11) is -3.95. The van der Waals surface area contributed by atoms with Gasteiger partial charge in [-0.25, -0.2) is 17.8 Å². The fourth-order valence-corrected chi connectivity index (χ4v) is 4.35. The SMILES string of the molecule is CS(=O)(=O)c1cc(CC(=O)Cc2ccc(Oc3ccnc(NC(=O)C4CC4)c3)c(F)c2)cc(C(F)(F)F)c1. The van der Waals surface area contributed by atoms with Gasteiger partial charge >= 0.3 is 6.18 Å². The van der Waals surface area contributed by atoms with Crippen LogP contribution in [0.1, 0.15) is 29.5 Å². The topological polar surface area (TPSA) is 102 Å². The van der Waals surface area contributed by atoms with E-state index in [1.165, 1.54) is 30.5 Å². The third kappa shape index (κ3) is 7.15. The molecule has 0 unspecified atom stereocenters. The maximum Gasteiger partial charge on any atom is 0.416 e. The van der Waals surface area contributed by atoms with Crippen LogP contribution < -0.4 is 10.1 Å². The van der Waals surface area contributed by atoms with E-state index >= 15 is 0 Å². The number of Topliss-reactive ketones (excluding diaryl/α,β-unsaturated/α-hetero) is 1. The predicted octanol–water partition coefficient (Wildman–Crippen LogP) is 5.14. The Morgan fingerprint density at radius 1 is 1.03 bits per heavy atom. The monoisotopic (exact) mass is 550 g/mol. The molecular weight excluding hydrogens is 528 g/mol. The van der Waals surface area contributed by atoms with Gasteiger partial charge in [0.2, 0.25) is 5.91 Å². The highest BCUT2D eigenvalue weighted by atomic mass is 32.2. The van der Waals surface area contributed by atoms with E-state index in [0.717, 1.165) is 37.3 Å². The van der Waals surface area contributed by atoms with Crippen LogP contribution in [0.15, 0.2) is 59.6 Å². The minimum absolute atomic E-state index is 0.0237. The lowest BCUT2D eigenvalue weighted by Crippen LogP contribution is -2.14. The second-order valence-corrected chi connectivity index (χ2v) is 11.1. The first kappa shape index (κ1) is 27.2. The fraction of sp³-hybridized carbons (Fsp3) is 0.269. The second-order valence-electron chi connectivity index (χ2n) is 9.03. The van der Waals surface area contributed by atoms with E-state index in [4.69, 9.17) is 4.74 Å². The maximum absolute atomic E-state index is 14.7. The van der Waals surface area contributed by atoms with Crippen LogP contribution in [-0.2, 0) is 38.4 Å². The van der Waals surface area contributed by atoms with Crippen molar-refractivity contribution >= 4 is 27.3 Å². The van der Waals surface area contributed by atoms with Crippen molar-refractivity contribution < 1.29 is 40.3 Å². The molecule has 0 spiro atoms. The van der Waals surface area contributed by atoms with Crippen LogP contribution in [0.5, 0.6) is 11.5 Å². The number of halogens is 4. The van der Waals surface area contributed by atoms with Crippen molar-refractivity contribution in [1.29, 1.82) is 0 Å². The predicted molar refractivity (Wildman–Crippen MR) is 129 cm³/mol. The number of carbonyl (C=O) groups is 2. The molecule has 0 saturated heterocycles. The van der Waals surface area contributed by atoms with Gasteiger partial charge in [0.15, 0.2) is 21.4 Å². The zero-order chi connectivity index (χ0) is 27.7. The number of hydrogen-bond donors (Lipinski definition) is 1. The summed E-state index contributed by atoms with van der Waals surface area (Å²) in [6.07, 6.45) is -1.75. The van der Waals surface area contributed by atoms with Crippen LogP contribution in [0.2, 0.25) is 0 Å². The number of amides is 1. The minimum atomic E-state index is -4.80. The van der Waals surface area contributed by atoms with Crippen molar-refractivity contribution in [1.82, 2.24) is 4.98 Å². The number of rotatable bonds is 9. The molecule has 1 heterocycles. The van der Waals surface area contributed by atoms with Gasteiger partial charge in [0.25, 0.3) is 0 Å². The van der Waals surface area contributed by atoms with Crippen molar-refractivity contribution in [2.45, 2.75) is 36.8 Å². The summed E-state index contributed by atoms with van der Waals surface area (Å²) in [5.74, 6) is -1.16. The van der Waals surface area contributed by atoms with E-state index < -0.39 is 44.5 Å². The molecule has 1 aliphatic carbocycles. The summed E-state index contributed by atoms with van der Waals surface area (Å²) >= 11 is 0. The number of benzene rings is 2. The van der Waals surface area contributed by atoms with Crippen molar-refractivity contribution in [3.63, 3.8) is 0 Å². The first-order valence-corrected chi connectivity index (χ1v) is 13.3. The van der Waals surface area contributed by atoms with Crippen LogP contribution in [0.3, 0.4) is 0 Å². The first-order valence-electron chi connectivity index (χ1n) is 11.4. The number of anilines is 1. The van der Waals surface area contributed by atoms with Gasteiger partial charge in [-0.05, 0) is 60.4 Å². The average Bonchev–Trinajstić information content (AvgIpc) is 3.65. The Balaban J connectivity index is 1.43. The van der Waals surface area contributed by atoms with Crippen molar-refractivity contribution in [3.8, 4) is 11.5 Å². The summed E-state index contributed by atoms with van der Waals surface area (Å²) < 4.78 is 83.5. The summed E-state index contributed by atoms with van der Waals surface area (Å²) in [4.78, 5) is 27.9. The second kappa shape index (κ2) is 10.5. The third-order valence-electron chi connectivity index (χ3n) is 5.68. The van der Waals surface area contributed by atoms with Gasteiger partial charge in [0.1, 0.15) is 17.4 Å². The minimum Gasteiger partial charge on any atom is -0.454 e. The van der Waals surface area contributed by atoms with Crippen molar-refractivity contribution in [2.75, 3.05) is 11.6 Å². The molecule has 200 valence electrons. The highest BCUT2D eigenvalue weighted by molar-refractivity contribution is 7.90. The number of hydrogen-bond acceptors (Lipinski definition) is 6. The molecule has 1 fully saturated rings. The molecule has 1 aliphatic rings. The molecule has 0 aliphatic heterocycles. The Kier molecular flexibility index (Phi) is 7.54. The van der Waals surface area contributed by atoms with E-state index in [1.54, 1.807) is 0 Å². The molecule has 0 atom stereocenters. The Bertz CT molecular complexity index is 1500. The average molecular weight is 551 g/mol. The quantitative estimate of drug-likeness (QED) is 0.371. The van der Waals surface area contributed by atoms with E-state index in [2.05, 4.69) is 10.3 Å². The van der Waals surface area contributed by atoms with Crippen LogP contribution in [0.4, 0.5) is 23.4 Å². The van der Waals surface area contributed by atoms with E-state index in [9.17, 15) is 35.6 Å². The molecule has 1 amide bonds. The molecule has 4 rings (SSSR count). The highest BCUT2D eigenvalue weighted by Crippen LogP contribution is 2.33. The van der Waals surface area contributed by atoms with Crippen LogP contribution in [0.25, 0.3) is 0 Å². The van der Waals surface area contributed by atoms with E-state index in [1.807, 2.05) is 0 Å². The van der Waals surface area contributed by atoms with E-state index in [-0.39, 0.29) is 46.7 Å². The van der Waals surface area contributed by atoms with Gasteiger partial charge in [0.05, 0.1) is 10.5 Å². The normalized spacial score (nSPS) is 13.7. The van der Waals surface area contributed by atoms with Gasteiger partial charge in [-0.1, -0.05) is 6.07 Å². The number of alkyl halides is 3. The lowest BCUT2D eigenvalue weighted by atomic mass is 10.0.